The Morgan fingerprint density at radius 2 is 1.09 bits per heavy atom. The van der Waals surface area contributed by atoms with Crippen LogP contribution in [0.1, 0.15) is 178 Å². The predicted octanol–water partition coefficient (Wildman–Crippen LogP) is 12.7. The Bertz CT molecular complexity index is 1090. The molecule has 2 heteroatoms. The Labute approximate surface area is 279 Å². The van der Waals surface area contributed by atoms with E-state index in [9.17, 15) is 0 Å². The molecule has 1 aromatic heterocycles. The van der Waals surface area contributed by atoms with E-state index in [4.69, 9.17) is 0 Å². The van der Waals surface area contributed by atoms with Gasteiger partial charge in [-0.2, -0.15) is 0 Å². The second-order valence-electron chi connectivity index (χ2n) is 13.9. The molecule has 0 bridgehead atoms. The first-order chi connectivity index (χ1) is 22.2. The zero-order chi connectivity index (χ0) is 31.8. The lowest BCUT2D eigenvalue weighted by atomic mass is 9.88. The van der Waals surface area contributed by atoms with Crippen molar-refractivity contribution < 1.29 is 4.57 Å². The van der Waals surface area contributed by atoms with Gasteiger partial charge in [-0.05, 0) is 62.5 Å². The standard InChI is InChI=1S/C43H69N2/c1-4-6-8-10-12-14-15-16-18-22-28-39(3)45-37-36-44(35-27-19-17-13-11-9-7-5-2)43(45)34-33-42(41-31-25-21-26-32-41)38-40-29-23-20-24-30-40/h20-21,23-26,29-32,36-37,39,42H,4-19,22,27-28,33-35,38H2,1-3H3/q+1. The molecular weight excluding hydrogens is 544 g/mol. The van der Waals surface area contributed by atoms with Crippen LogP contribution in [-0.2, 0) is 19.4 Å². The summed E-state index contributed by atoms with van der Waals surface area (Å²) in [4.78, 5) is 0. The van der Waals surface area contributed by atoms with Gasteiger partial charge < -0.3 is 0 Å². The molecule has 3 aromatic rings. The van der Waals surface area contributed by atoms with Crippen molar-refractivity contribution in [1.29, 1.82) is 0 Å². The van der Waals surface area contributed by atoms with E-state index >= 15 is 0 Å². The molecule has 0 radical (unpaired) electrons. The first-order valence-corrected chi connectivity index (χ1v) is 19.4. The smallest absolute Gasteiger partial charge is 0.234 e. The van der Waals surface area contributed by atoms with E-state index in [1.807, 2.05) is 0 Å². The first kappa shape index (κ1) is 37.1. The van der Waals surface area contributed by atoms with Crippen LogP contribution in [0.25, 0.3) is 0 Å². The van der Waals surface area contributed by atoms with Crippen molar-refractivity contribution in [3.63, 3.8) is 0 Å². The summed E-state index contributed by atoms with van der Waals surface area (Å²) >= 11 is 0. The third kappa shape index (κ3) is 15.2. The zero-order valence-corrected chi connectivity index (χ0v) is 29.7. The van der Waals surface area contributed by atoms with Crippen molar-refractivity contribution in [2.75, 3.05) is 0 Å². The van der Waals surface area contributed by atoms with E-state index in [1.54, 1.807) is 5.82 Å². The number of rotatable bonds is 27. The van der Waals surface area contributed by atoms with Gasteiger partial charge in [0, 0.05) is 6.42 Å². The fraction of sp³-hybridized carbons (Fsp3) is 0.651. The molecule has 0 amide bonds. The zero-order valence-electron chi connectivity index (χ0n) is 29.7. The highest BCUT2D eigenvalue weighted by atomic mass is 15.2. The van der Waals surface area contributed by atoms with Crippen LogP contribution < -0.4 is 4.57 Å². The monoisotopic (exact) mass is 614 g/mol. The summed E-state index contributed by atoms with van der Waals surface area (Å²) in [6.07, 6.45) is 34.7. The number of hydrogen-bond acceptors (Lipinski definition) is 0. The van der Waals surface area contributed by atoms with E-state index in [1.165, 1.54) is 140 Å². The second-order valence-corrected chi connectivity index (χ2v) is 13.9. The maximum Gasteiger partial charge on any atom is 0.256 e. The van der Waals surface area contributed by atoms with Gasteiger partial charge in [0.15, 0.2) is 0 Å². The molecule has 0 aliphatic carbocycles. The topological polar surface area (TPSA) is 8.81 Å². The molecule has 0 saturated heterocycles. The number of imidazole rings is 1. The maximum absolute atomic E-state index is 2.66. The van der Waals surface area contributed by atoms with Crippen molar-refractivity contribution in [3.8, 4) is 0 Å². The Kier molecular flexibility index (Phi) is 19.7. The largest absolute Gasteiger partial charge is 0.256 e. The van der Waals surface area contributed by atoms with Gasteiger partial charge in [0.05, 0.1) is 12.6 Å². The van der Waals surface area contributed by atoms with Crippen LogP contribution in [0.15, 0.2) is 73.1 Å². The summed E-state index contributed by atoms with van der Waals surface area (Å²) in [6, 6.07) is 23.0. The molecule has 45 heavy (non-hydrogen) atoms. The third-order valence-corrected chi connectivity index (χ3v) is 10.1. The summed E-state index contributed by atoms with van der Waals surface area (Å²) < 4.78 is 5.28. The number of unbranched alkanes of at least 4 members (excludes halogenated alkanes) is 16. The van der Waals surface area contributed by atoms with Gasteiger partial charge in [0.1, 0.15) is 12.4 Å². The van der Waals surface area contributed by atoms with Crippen LogP contribution in [0.2, 0.25) is 0 Å². The molecule has 0 spiro atoms. The van der Waals surface area contributed by atoms with Crippen LogP contribution in [0.3, 0.4) is 0 Å². The van der Waals surface area contributed by atoms with Crippen molar-refractivity contribution in [1.82, 2.24) is 4.57 Å². The molecule has 250 valence electrons. The SMILES string of the molecule is CCCCCCCCCCCCC(C)n1cc[n+](CCCCCCCCCC)c1CCC(Cc1ccccc1)c1ccccc1. The normalized spacial score (nSPS) is 12.9. The molecule has 2 atom stereocenters. The highest BCUT2D eigenvalue weighted by molar-refractivity contribution is 5.24. The average molecular weight is 614 g/mol. The Balaban J connectivity index is 1.58. The quantitative estimate of drug-likeness (QED) is 0.0597. The molecule has 2 aromatic carbocycles. The van der Waals surface area contributed by atoms with E-state index in [0.29, 0.717) is 12.0 Å². The van der Waals surface area contributed by atoms with Gasteiger partial charge in [-0.3, -0.25) is 0 Å². The minimum Gasteiger partial charge on any atom is -0.234 e. The molecule has 0 fully saturated rings. The average Bonchev–Trinajstić information content (AvgIpc) is 3.48. The van der Waals surface area contributed by atoms with Gasteiger partial charge in [-0.25, -0.2) is 9.13 Å². The number of benzene rings is 2. The van der Waals surface area contributed by atoms with E-state index in [0.717, 1.165) is 19.4 Å². The molecule has 0 N–H and O–H groups in total. The van der Waals surface area contributed by atoms with Gasteiger partial charge in [-0.15, -0.1) is 0 Å². The Morgan fingerprint density at radius 3 is 1.67 bits per heavy atom. The van der Waals surface area contributed by atoms with E-state index in [-0.39, 0.29) is 0 Å². The van der Waals surface area contributed by atoms with E-state index < -0.39 is 0 Å². The summed E-state index contributed by atoms with van der Waals surface area (Å²) in [5.41, 5.74) is 2.93. The number of hydrogen-bond donors (Lipinski definition) is 0. The minimum atomic E-state index is 0.533. The Hall–Kier alpha value is -2.35. The molecule has 1 heterocycles. The van der Waals surface area contributed by atoms with Crippen molar-refractivity contribution in [2.24, 2.45) is 0 Å². The lowest BCUT2D eigenvalue weighted by Gasteiger charge is -2.18. The molecule has 2 nitrogen and oxygen atoms in total. The molecule has 0 aliphatic rings. The number of aromatic nitrogens is 2. The van der Waals surface area contributed by atoms with Gasteiger partial charge in [-0.1, -0.05) is 171 Å². The maximum atomic E-state index is 2.66. The summed E-state index contributed by atoms with van der Waals surface area (Å²) in [5.74, 6) is 2.08. The van der Waals surface area contributed by atoms with Crippen molar-refractivity contribution in [3.05, 3.63) is 90.0 Å². The lowest BCUT2D eigenvalue weighted by molar-refractivity contribution is -0.704. The minimum absolute atomic E-state index is 0.533. The fourth-order valence-corrected chi connectivity index (χ4v) is 7.15. The Morgan fingerprint density at radius 1 is 0.578 bits per heavy atom. The highest BCUT2D eigenvalue weighted by Crippen LogP contribution is 2.27. The molecule has 3 rings (SSSR count). The van der Waals surface area contributed by atoms with Crippen LogP contribution in [0.5, 0.6) is 0 Å². The fourth-order valence-electron chi connectivity index (χ4n) is 7.15. The van der Waals surface area contributed by atoms with Crippen LogP contribution >= 0.6 is 0 Å². The lowest BCUT2D eigenvalue weighted by Crippen LogP contribution is -2.38. The summed E-state index contributed by atoms with van der Waals surface area (Å²) in [7, 11) is 0. The highest BCUT2D eigenvalue weighted by Gasteiger charge is 2.23. The predicted molar refractivity (Wildman–Crippen MR) is 196 cm³/mol. The first-order valence-electron chi connectivity index (χ1n) is 19.4. The molecule has 0 aliphatic heterocycles. The van der Waals surface area contributed by atoms with Crippen LogP contribution in [0.4, 0.5) is 0 Å². The molecule has 0 saturated carbocycles. The summed E-state index contributed by atoms with van der Waals surface area (Å²) in [6.45, 7) is 8.25. The second kappa shape index (κ2) is 23.9. The van der Waals surface area contributed by atoms with Gasteiger partial charge in [0.2, 0.25) is 0 Å². The van der Waals surface area contributed by atoms with Crippen molar-refractivity contribution in [2.45, 2.75) is 181 Å². The number of aryl methyl sites for hydroxylation is 1. The summed E-state index contributed by atoms with van der Waals surface area (Å²) in [5, 5.41) is 0. The number of nitrogens with zero attached hydrogens (tertiary/aromatic N) is 2. The van der Waals surface area contributed by atoms with Crippen LogP contribution in [-0.4, -0.2) is 4.57 Å². The van der Waals surface area contributed by atoms with Gasteiger partial charge >= 0.3 is 0 Å². The molecular formula is C43H69N2+. The van der Waals surface area contributed by atoms with Crippen molar-refractivity contribution >= 4 is 0 Å². The molecule has 2 unspecified atom stereocenters. The van der Waals surface area contributed by atoms with Gasteiger partial charge in [0.25, 0.3) is 5.82 Å². The van der Waals surface area contributed by atoms with Crippen LogP contribution in [0, 0.1) is 0 Å². The van der Waals surface area contributed by atoms with E-state index in [2.05, 4.69) is 103 Å². The third-order valence-electron chi connectivity index (χ3n) is 10.1.